The Hall–Kier alpha value is -2.14. The summed E-state index contributed by atoms with van der Waals surface area (Å²) in [6.07, 6.45) is 1.84. The highest BCUT2D eigenvalue weighted by molar-refractivity contribution is 9.10. The Labute approximate surface area is 155 Å². The van der Waals surface area contributed by atoms with E-state index in [9.17, 15) is 4.79 Å². The van der Waals surface area contributed by atoms with Gasteiger partial charge in [-0.15, -0.1) is 0 Å². The molecule has 2 aromatic carbocycles. The Morgan fingerprint density at radius 2 is 2.04 bits per heavy atom. The van der Waals surface area contributed by atoms with Gasteiger partial charge in [0.25, 0.3) is 0 Å². The van der Waals surface area contributed by atoms with Gasteiger partial charge in [0.05, 0.1) is 16.4 Å². The van der Waals surface area contributed by atoms with Crippen molar-refractivity contribution in [1.82, 2.24) is 14.9 Å². The second-order valence-electron chi connectivity index (χ2n) is 6.65. The maximum atomic E-state index is 12.8. The molecule has 1 aliphatic rings. The zero-order valence-corrected chi connectivity index (χ0v) is 15.7. The molecule has 128 valence electrons. The third-order valence-electron chi connectivity index (χ3n) is 5.03. The Bertz CT molecular complexity index is 943. The van der Waals surface area contributed by atoms with Crippen molar-refractivity contribution in [3.8, 4) is 0 Å². The number of rotatable bonds is 5. The molecular formula is C20H20BrN3O. The Morgan fingerprint density at radius 3 is 2.80 bits per heavy atom. The molecule has 1 fully saturated rings. The van der Waals surface area contributed by atoms with Crippen LogP contribution in [0.5, 0.6) is 0 Å². The second kappa shape index (κ2) is 6.30. The Balaban J connectivity index is 1.45. The van der Waals surface area contributed by atoms with Gasteiger partial charge in [0, 0.05) is 17.6 Å². The van der Waals surface area contributed by atoms with E-state index in [1.807, 2.05) is 43.3 Å². The third kappa shape index (κ3) is 2.97. The van der Waals surface area contributed by atoms with Crippen molar-refractivity contribution in [2.24, 2.45) is 0 Å². The van der Waals surface area contributed by atoms with E-state index < -0.39 is 0 Å². The maximum absolute atomic E-state index is 12.8. The van der Waals surface area contributed by atoms with Crippen molar-refractivity contribution >= 4 is 32.9 Å². The van der Waals surface area contributed by atoms with Gasteiger partial charge < -0.3 is 9.88 Å². The first-order chi connectivity index (χ1) is 12.1. The van der Waals surface area contributed by atoms with Crippen LogP contribution in [-0.2, 0) is 16.8 Å². The fourth-order valence-corrected chi connectivity index (χ4v) is 3.89. The number of hydrogen-bond acceptors (Lipinski definition) is 2. The highest BCUT2D eigenvalue weighted by Crippen LogP contribution is 2.48. The van der Waals surface area contributed by atoms with Gasteiger partial charge in [0.1, 0.15) is 5.82 Å². The molecule has 4 rings (SSSR count). The van der Waals surface area contributed by atoms with Gasteiger partial charge in [-0.05, 0) is 49.6 Å². The number of amides is 1. The zero-order valence-electron chi connectivity index (χ0n) is 14.1. The number of imidazole rings is 1. The van der Waals surface area contributed by atoms with Crippen molar-refractivity contribution in [2.45, 2.75) is 31.7 Å². The SMILES string of the molecule is Cc1nc2ccccc2n1CCNC(=O)C1(c2cccc(Br)c2)CC1. The Kier molecular flexibility index (Phi) is 4.12. The van der Waals surface area contributed by atoms with E-state index in [-0.39, 0.29) is 11.3 Å². The quantitative estimate of drug-likeness (QED) is 0.708. The predicted molar refractivity (Wildman–Crippen MR) is 103 cm³/mol. The van der Waals surface area contributed by atoms with Crippen LogP contribution >= 0.6 is 15.9 Å². The summed E-state index contributed by atoms with van der Waals surface area (Å²) in [5, 5.41) is 3.13. The van der Waals surface area contributed by atoms with Crippen LogP contribution in [0.2, 0.25) is 0 Å². The lowest BCUT2D eigenvalue weighted by atomic mass is 9.95. The fourth-order valence-electron chi connectivity index (χ4n) is 3.49. The number of carbonyl (C=O) groups is 1. The van der Waals surface area contributed by atoms with E-state index in [1.165, 1.54) is 0 Å². The number of aryl methyl sites for hydroxylation is 1. The van der Waals surface area contributed by atoms with E-state index in [1.54, 1.807) is 0 Å². The summed E-state index contributed by atoms with van der Waals surface area (Å²) in [5.74, 6) is 1.11. The van der Waals surface area contributed by atoms with Gasteiger partial charge >= 0.3 is 0 Å². The number of para-hydroxylation sites is 2. The average molecular weight is 398 g/mol. The minimum Gasteiger partial charge on any atom is -0.354 e. The second-order valence-corrected chi connectivity index (χ2v) is 7.56. The lowest BCUT2D eigenvalue weighted by Gasteiger charge is -2.16. The van der Waals surface area contributed by atoms with Gasteiger partial charge in [-0.1, -0.05) is 40.2 Å². The molecule has 0 radical (unpaired) electrons. The fraction of sp³-hybridized carbons (Fsp3) is 0.300. The first-order valence-electron chi connectivity index (χ1n) is 8.56. The largest absolute Gasteiger partial charge is 0.354 e. The molecule has 1 N–H and O–H groups in total. The van der Waals surface area contributed by atoms with E-state index >= 15 is 0 Å². The van der Waals surface area contributed by atoms with E-state index in [2.05, 4.69) is 42.9 Å². The molecule has 0 atom stereocenters. The van der Waals surface area contributed by atoms with Gasteiger partial charge in [0.15, 0.2) is 0 Å². The van der Waals surface area contributed by atoms with Gasteiger partial charge in [-0.3, -0.25) is 4.79 Å². The van der Waals surface area contributed by atoms with Crippen LogP contribution in [0.1, 0.15) is 24.2 Å². The summed E-state index contributed by atoms with van der Waals surface area (Å²) >= 11 is 3.50. The number of halogens is 1. The van der Waals surface area contributed by atoms with Gasteiger partial charge in [-0.2, -0.15) is 0 Å². The zero-order chi connectivity index (χ0) is 17.4. The highest BCUT2D eigenvalue weighted by atomic mass is 79.9. The van der Waals surface area contributed by atoms with Crippen molar-refractivity contribution in [2.75, 3.05) is 6.54 Å². The van der Waals surface area contributed by atoms with Crippen molar-refractivity contribution in [3.63, 3.8) is 0 Å². The monoisotopic (exact) mass is 397 g/mol. The number of aromatic nitrogens is 2. The predicted octanol–water partition coefficient (Wildman–Crippen LogP) is 3.96. The highest BCUT2D eigenvalue weighted by Gasteiger charge is 2.51. The molecule has 0 aliphatic heterocycles. The van der Waals surface area contributed by atoms with Crippen LogP contribution in [0.4, 0.5) is 0 Å². The van der Waals surface area contributed by atoms with Crippen LogP contribution in [0.3, 0.4) is 0 Å². The molecule has 25 heavy (non-hydrogen) atoms. The summed E-state index contributed by atoms with van der Waals surface area (Å²) in [4.78, 5) is 17.3. The topological polar surface area (TPSA) is 46.9 Å². The molecule has 3 aromatic rings. The van der Waals surface area contributed by atoms with Crippen LogP contribution < -0.4 is 5.32 Å². The minimum atomic E-state index is -0.337. The van der Waals surface area contributed by atoms with Crippen LogP contribution in [-0.4, -0.2) is 22.0 Å². The lowest BCUT2D eigenvalue weighted by Crippen LogP contribution is -2.36. The summed E-state index contributed by atoms with van der Waals surface area (Å²) in [7, 11) is 0. The molecule has 1 saturated carbocycles. The molecule has 4 nitrogen and oxygen atoms in total. The van der Waals surface area contributed by atoms with Gasteiger partial charge in [-0.25, -0.2) is 4.98 Å². The molecule has 0 spiro atoms. The lowest BCUT2D eigenvalue weighted by molar-refractivity contribution is -0.123. The number of fused-ring (bicyclic) bond motifs is 1. The number of carbonyl (C=O) groups excluding carboxylic acids is 1. The van der Waals surface area contributed by atoms with E-state index in [0.29, 0.717) is 6.54 Å². The first-order valence-corrected chi connectivity index (χ1v) is 9.36. The minimum absolute atomic E-state index is 0.132. The number of hydrogen-bond donors (Lipinski definition) is 1. The van der Waals surface area contributed by atoms with Gasteiger partial charge in [0.2, 0.25) is 5.91 Å². The standard InChI is InChI=1S/C20H20BrN3O/c1-14-23-17-7-2-3-8-18(17)24(14)12-11-22-19(25)20(9-10-20)15-5-4-6-16(21)13-15/h2-8,13H,9-12H2,1H3,(H,22,25). The van der Waals surface area contributed by atoms with E-state index in [0.717, 1.165) is 46.3 Å². The average Bonchev–Trinajstić information content (AvgIpc) is 3.35. The molecule has 0 saturated heterocycles. The smallest absolute Gasteiger partial charge is 0.230 e. The number of nitrogens with zero attached hydrogens (tertiary/aromatic N) is 2. The molecule has 1 aromatic heterocycles. The van der Waals surface area contributed by atoms with Crippen molar-refractivity contribution in [1.29, 1.82) is 0 Å². The Morgan fingerprint density at radius 1 is 1.24 bits per heavy atom. The molecule has 1 heterocycles. The van der Waals surface area contributed by atoms with Crippen LogP contribution in [0, 0.1) is 6.92 Å². The summed E-state index contributed by atoms with van der Waals surface area (Å²) in [5.41, 5.74) is 2.88. The molecule has 5 heteroatoms. The molecule has 0 bridgehead atoms. The maximum Gasteiger partial charge on any atom is 0.230 e. The molecular weight excluding hydrogens is 378 g/mol. The van der Waals surface area contributed by atoms with Crippen LogP contribution in [0.25, 0.3) is 11.0 Å². The normalized spacial score (nSPS) is 15.3. The van der Waals surface area contributed by atoms with Crippen LogP contribution in [0.15, 0.2) is 53.0 Å². The van der Waals surface area contributed by atoms with Crippen molar-refractivity contribution in [3.05, 3.63) is 64.4 Å². The van der Waals surface area contributed by atoms with Crippen molar-refractivity contribution < 1.29 is 4.79 Å². The first kappa shape index (κ1) is 16.3. The summed E-state index contributed by atoms with van der Waals surface area (Å²) < 4.78 is 3.18. The molecule has 0 unspecified atom stereocenters. The van der Waals surface area contributed by atoms with E-state index in [4.69, 9.17) is 0 Å². The summed E-state index contributed by atoms with van der Waals surface area (Å²) in [6, 6.07) is 16.2. The number of benzene rings is 2. The molecule has 1 amide bonds. The summed E-state index contributed by atoms with van der Waals surface area (Å²) in [6.45, 7) is 3.34. The third-order valence-corrected chi connectivity index (χ3v) is 5.52. The number of nitrogens with one attached hydrogen (secondary N) is 1. The molecule has 1 aliphatic carbocycles.